The predicted octanol–water partition coefficient (Wildman–Crippen LogP) is 4.01. The summed E-state index contributed by atoms with van der Waals surface area (Å²) in [5.74, 6) is -0.315. The van der Waals surface area contributed by atoms with Crippen LogP contribution in [0, 0.1) is 11.7 Å². The summed E-state index contributed by atoms with van der Waals surface area (Å²) in [5.41, 5.74) is 4.71. The Bertz CT molecular complexity index is 1070. The summed E-state index contributed by atoms with van der Waals surface area (Å²) in [5, 5.41) is 3.11. The van der Waals surface area contributed by atoms with Gasteiger partial charge in [0.05, 0.1) is 12.0 Å². The fourth-order valence-electron chi connectivity index (χ4n) is 5.02. The number of nitrogens with one attached hydrogen (secondary N) is 1. The highest BCUT2D eigenvalue weighted by Gasteiger charge is 2.41. The number of carbonyl (C=O) groups excluding carboxylic acids is 1. The second kappa shape index (κ2) is 9.13. The zero-order valence-electron chi connectivity index (χ0n) is 18.1. The van der Waals surface area contributed by atoms with E-state index in [-0.39, 0.29) is 23.7 Å². The lowest BCUT2D eigenvalue weighted by atomic mass is 9.83. The maximum Gasteiger partial charge on any atom is 0.225 e. The molecule has 1 N–H and O–H groups in total. The van der Waals surface area contributed by atoms with E-state index in [4.69, 9.17) is 0 Å². The minimum atomic E-state index is -0.264. The third kappa shape index (κ3) is 4.39. The van der Waals surface area contributed by atoms with Gasteiger partial charge in [-0.25, -0.2) is 4.39 Å². The molecule has 32 heavy (non-hydrogen) atoms. The Labute approximate surface area is 188 Å². The molecule has 4 nitrogen and oxygen atoms in total. The van der Waals surface area contributed by atoms with Gasteiger partial charge in [-0.3, -0.25) is 9.69 Å². The predicted molar refractivity (Wildman–Crippen MR) is 125 cm³/mol. The van der Waals surface area contributed by atoms with Crippen LogP contribution in [0.5, 0.6) is 0 Å². The van der Waals surface area contributed by atoms with Crippen LogP contribution in [-0.4, -0.2) is 36.5 Å². The second-order valence-electron chi connectivity index (χ2n) is 8.77. The van der Waals surface area contributed by atoms with Gasteiger partial charge in [0.15, 0.2) is 0 Å². The number of para-hydroxylation sites is 1. The number of halogens is 1. The molecule has 0 aromatic heterocycles. The summed E-state index contributed by atoms with van der Waals surface area (Å²) in [6.07, 6.45) is 0.742. The Morgan fingerprint density at radius 3 is 2.47 bits per heavy atom. The number of fused-ring (bicyclic) bond motifs is 3. The highest BCUT2D eigenvalue weighted by Crippen LogP contribution is 2.36. The summed E-state index contributed by atoms with van der Waals surface area (Å²) >= 11 is 0. The number of hydrogen-bond donors (Lipinski definition) is 1. The first-order valence-electron chi connectivity index (χ1n) is 11.3. The van der Waals surface area contributed by atoms with Gasteiger partial charge in [-0.05, 0) is 41.3 Å². The van der Waals surface area contributed by atoms with Crippen molar-refractivity contribution in [2.45, 2.75) is 25.6 Å². The summed E-state index contributed by atoms with van der Waals surface area (Å²) < 4.78 is 13.2. The molecule has 1 saturated heterocycles. The van der Waals surface area contributed by atoms with Crippen LogP contribution in [0.4, 0.5) is 10.1 Å². The molecule has 5 rings (SSSR count). The zero-order chi connectivity index (χ0) is 21.9. The quantitative estimate of drug-likeness (QED) is 0.666. The Kier molecular flexibility index (Phi) is 5.91. The van der Waals surface area contributed by atoms with Crippen molar-refractivity contribution in [3.63, 3.8) is 0 Å². The van der Waals surface area contributed by atoms with Crippen molar-refractivity contribution < 1.29 is 9.18 Å². The number of benzene rings is 3. The van der Waals surface area contributed by atoms with Crippen molar-refractivity contribution in [2.75, 3.05) is 24.5 Å². The lowest BCUT2D eigenvalue weighted by Gasteiger charge is -2.49. The molecule has 0 unspecified atom stereocenters. The number of nitrogens with zero attached hydrogens (tertiary/aromatic N) is 2. The first-order valence-corrected chi connectivity index (χ1v) is 11.3. The molecule has 164 valence electrons. The van der Waals surface area contributed by atoms with E-state index in [9.17, 15) is 9.18 Å². The van der Waals surface area contributed by atoms with Crippen LogP contribution >= 0.6 is 0 Å². The van der Waals surface area contributed by atoms with Gasteiger partial charge in [0.1, 0.15) is 5.82 Å². The zero-order valence-corrected chi connectivity index (χ0v) is 18.1. The molecular weight excluding hydrogens is 401 g/mol. The smallest absolute Gasteiger partial charge is 0.225 e. The first-order chi connectivity index (χ1) is 15.7. The van der Waals surface area contributed by atoms with Crippen molar-refractivity contribution in [1.82, 2.24) is 10.2 Å². The van der Waals surface area contributed by atoms with Crippen molar-refractivity contribution in [3.8, 4) is 0 Å². The number of piperazine rings is 1. The number of anilines is 1. The van der Waals surface area contributed by atoms with E-state index in [1.54, 1.807) is 12.1 Å². The fraction of sp³-hybridized carbons (Fsp3) is 0.296. The van der Waals surface area contributed by atoms with Crippen molar-refractivity contribution in [2.24, 2.45) is 5.92 Å². The SMILES string of the molecule is O=C(NCc1ccc(F)cc1)[C@@H]1Cc2ccccc2N2CCN(Cc3ccccc3)C[C@H]12. The number of rotatable bonds is 5. The molecule has 2 aliphatic rings. The highest BCUT2D eigenvalue weighted by molar-refractivity contribution is 5.82. The first kappa shape index (κ1) is 20.7. The van der Waals surface area contributed by atoms with Crippen LogP contribution in [0.3, 0.4) is 0 Å². The monoisotopic (exact) mass is 429 g/mol. The van der Waals surface area contributed by atoms with E-state index in [1.807, 2.05) is 6.07 Å². The van der Waals surface area contributed by atoms with Gasteiger partial charge in [0.25, 0.3) is 0 Å². The number of amides is 1. The summed E-state index contributed by atoms with van der Waals surface area (Å²) in [7, 11) is 0. The molecule has 0 spiro atoms. The van der Waals surface area contributed by atoms with E-state index >= 15 is 0 Å². The topological polar surface area (TPSA) is 35.6 Å². The van der Waals surface area contributed by atoms with Crippen LogP contribution < -0.4 is 10.2 Å². The molecular formula is C27H28FN3O. The molecule has 2 atom stereocenters. The lowest BCUT2D eigenvalue weighted by Crippen LogP contribution is -2.60. The minimum absolute atomic E-state index is 0.0698. The van der Waals surface area contributed by atoms with Crippen LogP contribution in [0.2, 0.25) is 0 Å². The maximum absolute atomic E-state index is 13.3. The number of carbonyl (C=O) groups is 1. The molecule has 0 aliphatic carbocycles. The standard InChI is InChI=1S/C27H28FN3O/c28-23-12-10-20(11-13-23)17-29-27(32)24-16-22-8-4-5-9-25(22)31-15-14-30(19-26(24)31)18-21-6-2-1-3-7-21/h1-13,24,26H,14-19H2,(H,29,32)/t24-,26-/m1/s1. The van der Waals surface area contributed by atoms with E-state index < -0.39 is 0 Å². The van der Waals surface area contributed by atoms with E-state index in [0.717, 1.165) is 38.2 Å². The Morgan fingerprint density at radius 1 is 0.906 bits per heavy atom. The molecule has 3 aromatic rings. The van der Waals surface area contributed by atoms with Gasteiger partial charge in [-0.15, -0.1) is 0 Å². The summed E-state index contributed by atoms with van der Waals surface area (Å²) in [6.45, 7) is 4.06. The Balaban J connectivity index is 1.34. The van der Waals surface area contributed by atoms with Gasteiger partial charge < -0.3 is 10.2 Å². The lowest BCUT2D eigenvalue weighted by molar-refractivity contribution is -0.126. The van der Waals surface area contributed by atoms with Crippen LogP contribution in [-0.2, 0) is 24.3 Å². The van der Waals surface area contributed by atoms with Gasteiger partial charge in [0, 0.05) is 38.4 Å². The van der Waals surface area contributed by atoms with Gasteiger partial charge in [0.2, 0.25) is 5.91 Å². The average molecular weight is 430 g/mol. The minimum Gasteiger partial charge on any atom is -0.365 e. The van der Waals surface area contributed by atoms with E-state index in [1.165, 1.54) is 28.9 Å². The van der Waals surface area contributed by atoms with Crippen LogP contribution in [0.15, 0.2) is 78.9 Å². The van der Waals surface area contributed by atoms with E-state index in [0.29, 0.717) is 6.54 Å². The molecule has 2 aliphatic heterocycles. The summed E-state index contributed by atoms with van der Waals surface area (Å²) in [6, 6.07) is 25.4. The number of hydrogen-bond acceptors (Lipinski definition) is 3. The Morgan fingerprint density at radius 2 is 1.66 bits per heavy atom. The van der Waals surface area contributed by atoms with Gasteiger partial charge in [-0.1, -0.05) is 60.7 Å². The molecule has 1 fully saturated rings. The maximum atomic E-state index is 13.3. The average Bonchev–Trinajstić information content (AvgIpc) is 2.83. The molecule has 5 heteroatoms. The second-order valence-corrected chi connectivity index (χ2v) is 8.77. The normalized spacial score (nSPS) is 20.3. The van der Waals surface area contributed by atoms with E-state index in [2.05, 4.69) is 63.6 Å². The van der Waals surface area contributed by atoms with Crippen molar-refractivity contribution in [3.05, 3.63) is 101 Å². The van der Waals surface area contributed by atoms with Gasteiger partial charge >= 0.3 is 0 Å². The molecule has 0 radical (unpaired) electrons. The molecule has 3 aromatic carbocycles. The fourth-order valence-corrected chi connectivity index (χ4v) is 5.02. The van der Waals surface area contributed by atoms with Gasteiger partial charge in [-0.2, -0.15) is 0 Å². The molecule has 2 heterocycles. The van der Waals surface area contributed by atoms with Crippen LogP contribution in [0.1, 0.15) is 16.7 Å². The largest absolute Gasteiger partial charge is 0.365 e. The third-order valence-corrected chi connectivity index (χ3v) is 6.67. The molecule has 0 saturated carbocycles. The highest BCUT2D eigenvalue weighted by atomic mass is 19.1. The van der Waals surface area contributed by atoms with Crippen molar-refractivity contribution >= 4 is 11.6 Å². The van der Waals surface area contributed by atoms with Crippen molar-refractivity contribution in [1.29, 1.82) is 0 Å². The Hall–Kier alpha value is -3.18. The van der Waals surface area contributed by atoms with Crippen LogP contribution in [0.25, 0.3) is 0 Å². The third-order valence-electron chi connectivity index (χ3n) is 6.67. The molecule has 0 bridgehead atoms. The summed E-state index contributed by atoms with van der Waals surface area (Å²) in [4.78, 5) is 18.2. The molecule has 1 amide bonds.